The maximum absolute atomic E-state index is 12.3. The Labute approximate surface area is 148 Å². The molecule has 1 aliphatic rings. The van der Waals surface area contributed by atoms with E-state index in [0.717, 1.165) is 11.3 Å². The third-order valence-electron chi connectivity index (χ3n) is 3.77. The molecule has 0 bridgehead atoms. The van der Waals surface area contributed by atoms with Gasteiger partial charge in [-0.2, -0.15) is 0 Å². The topological polar surface area (TPSA) is 97.6 Å². The zero-order valence-electron chi connectivity index (χ0n) is 13.4. The molecule has 3 rings (SSSR count). The van der Waals surface area contributed by atoms with Crippen LogP contribution < -0.4 is 15.4 Å². The Hall–Kier alpha value is -2.74. The average molecular weight is 360 g/mol. The highest BCUT2D eigenvalue weighted by molar-refractivity contribution is 7.98. The summed E-state index contributed by atoms with van der Waals surface area (Å²) in [6.07, 6.45) is 1.57. The first-order valence-electron chi connectivity index (χ1n) is 7.52. The molecule has 7 nitrogen and oxygen atoms in total. The van der Waals surface area contributed by atoms with E-state index in [1.165, 1.54) is 11.8 Å². The van der Waals surface area contributed by atoms with Crippen LogP contribution in [0.2, 0.25) is 0 Å². The van der Waals surface area contributed by atoms with Crippen LogP contribution in [0.15, 0.2) is 47.1 Å². The van der Waals surface area contributed by atoms with Crippen molar-refractivity contribution in [3.8, 4) is 5.75 Å². The number of hydrogen-bond acceptors (Lipinski definition) is 6. The van der Waals surface area contributed by atoms with Gasteiger partial charge in [0.05, 0.1) is 24.4 Å². The van der Waals surface area contributed by atoms with Crippen molar-refractivity contribution in [3.05, 3.63) is 54.0 Å². The minimum atomic E-state index is -1.02. The van der Waals surface area contributed by atoms with Crippen LogP contribution in [-0.2, 0) is 15.3 Å². The van der Waals surface area contributed by atoms with E-state index in [2.05, 4.69) is 10.6 Å². The van der Waals surface area contributed by atoms with E-state index in [1.807, 2.05) is 6.07 Å². The number of carbonyl (C=O) groups is 3. The Morgan fingerprint density at radius 3 is 2.36 bits per heavy atom. The summed E-state index contributed by atoms with van der Waals surface area (Å²) in [7, 11) is 1.56. The predicted octanol–water partition coefficient (Wildman–Crippen LogP) is 2.24. The second-order valence-electron chi connectivity index (χ2n) is 5.37. The number of nitrogens with one attached hydrogen (secondary N) is 2. The summed E-state index contributed by atoms with van der Waals surface area (Å²) in [6, 6.07) is 9.93. The highest BCUT2D eigenvalue weighted by Gasteiger charge is 2.41. The van der Waals surface area contributed by atoms with Crippen molar-refractivity contribution >= 4 is 29.6 Å². The fraction of sp³-hybridized carbons (Fsp3) is 0.235. The molecule has 0 unspecified atom stereocenters. The molecule has 130 valence electrons. The summed E-state index contributed by atoms with van der Waals surface area (Å²) < 4.78 is 10.5. The van der Waals surface area contributed by atoms with E-state index >= 15 is 0 Å². The van der Waals surface area contributed by atoms with E-state index in [1.54, 1.807) is 43.7 Å². The lowest BCUT2D eigenvalue weighted by Gasteiger charge is -2.28. The van der Waals surface area contributed by atoms with Crippen LogP contribution in [0.4, 0.5) is 4.79 Å². The molecule has 0 radical (unpaired) electrons. The molecular weight excluding hydrogens is 344 g/mol. The summed E-state index contributed by atoms with van der Waals surface area (Å²) in [6.45, 7) is 0. The standard InChI is InChI=1S/C17H16N2O5S/c1-23-11-6-4-10(5-7-11)14(25-9-12-3-2-8-24-12)13-15(20)18-17(22)19-16(13)21/h2-8,13-14H,9H2,1H3,(H2,18,19,20,21,22)/t14-/m1/s1. The lowest BCUT2D eigenvalue weighted by atomic mass is 9.95. The van der Waals surface area contributed by atoms with Gasteiger partial charge < -0.3 is 9.15 Å². The first kappa shape index (κ1) is 17.1. The van der Waals surface area contributed by atoms with Crippen molar-refractivity contribution in [2.75, 3.05) is 7.11 Å². The number of ether oxygens (including phenoxy) is 1. The van der Waals surface area contributed by atoms with Crippen LogP contribution in [0.5, 0.6) is 5.75 Å². The minimum absolute atomic E-state index is 0.481. The summed E-state index contributed by atoms with van der Waals surface area (Å²) in [5.41, 5.74) is 0.780. The van der Waals surface area contributed by atoms with Crippen LogP contribution in [0, 0.1) is 5.92 Å². The summed E-state index contributed by atoms with van der Waals surface area (Å²) in [4.78, 5) is 35.8. The van der Waals surface area contributed by atoms with Crippen molar-refractivity contribution in [1.29, 1.82) is 0 Å². The fourth-order valence-corrected chi connectivity index (χ4v) is 3.85. The Morgan fingerprint density at radius 1 is 1.12 bits per heavy atom. The van der Waals surface area contributed by atoms with Gasteiger partial charge in [-0.1, -0.05) is 12.1 Å². The first-order valence-corrected chi connectivity index (χ1v) is 8.57. The molecule has 1 aromatic heterocycles. The Kier molecular flexibility index (Phi) is 5.08. The molecule has 0 spiro atoms. The Bertz CT molecular complexity index is 753. The highest BCUT2D eigenvalue weighted by Crippen LogP contribution is 2.39. The lowest BCUT2D eigenvalue weighted by molar-refractivity contribution is -0.135. The van der Waals surface area contributed by atoms with E-state index in [9.17, 15) is 14.4 Å². The summed E-state index contributed by atoms with van der Waals surface area (Å²) in [5, 5.41) is 3.83. The van der Waals surface area contributed by atoms with E-state index in [-0.39, 0.29) is 0 Å². The number of benzene rings is 1. The van der Waals surface area contributed by atoms with Crippen molar-refractivity contribution in [2.45, 2.75) is 11.0 Å². The third-order valence-corrected chi connectivity index (χ3v) is 5.13. The van der Waals surface area contributed by atoms with Crippen molar-refractivity contribution in [3.63, 3.8) is 0 Å². The van der Waals surface area contributed by atoms with Gasteiger partial charge in [0.2, 0.25) is 11.8 Å². The molecule has 25 heavy (non-hydrogen) atoms. The lowest BCUT2D eigenvalue weighted by Crippen LogP contribution is -2.56. The van der Waals surface area contributed by atoms with Gasteiger partial charge in [0, 0.05) is 0 Å². The smallest absolute Gasteiger partial charge is 0.328 e. The van der Waals surface area contributed by atoms with Crippen LogP contribution in [0.3, 0.4) is 0 Å². The molecule has 2 N–H and O–H groups in total. The molecule has 2 heterocycles. The summed E-state index contributed by atoms with van der Waals surface area (Å²) >= 11 is 1.39. The van der Waals surface area contributed by atoms with Gasteiger partial charge in [-0.15, -0.1) is 11.8 Å². The second-order valence-corrected chi connectivity index (χ2v) is 6.50. The largest absolute Gasteiger partial charge is 0.497 e. The number of furan rings is 1. The van der Waals surface area contributed by atoms with Crippen LogP contribution in [0.25, 0.3) is 0 Å². The van der Waals surface area contributed by atoms with Gasteiger partial charge >= 0.3 is 6.03 Å². The molecule has 1 aliphatic heterocycles. The Morgan fingerprint density at radius 2 is 1.80 bits per heavy atom. The van der Waals surface area contributed by atoms with Gasteiger partial charge in [-0.3, -0.25) is 20.2 Å². The predicted molar refractivity (Wildman–Crippen MR) is 90.9 cm³/mol. The molecule has 1 saturated heterocycles. The maximum atomic E-state index is 12.3. The molecule has 0 saturated carbocycles. The third kappa shape index (κ3) is 3.85. The number of barbiturate groups is 1. The molecule has 4 amide bonds. The zero-order chi connectivity index (χ0) is 17.8. The number of imide groups is 2. The average Bonchev–Trinajstić information content (AvgIpc) is 3.10. The molecule has 2 aromatic rings. The monoisotopic (exact) mass is 360 g/mol. The molecule has 1 fully saturated rings. The van der Waals surface area contributed by atoms with E-state index < -0.39 is 29.0 Å². The van der Waals surface area contributed by atoms with Gasteiger partial charge in [-0.25, -0.2) is 4.79 Å². The molecule has 0 aliphatic carbocycles. The van der Waals surface area contributed by atoms with Gasteiger partial charge in [0.1, 0.15) is 17.4 Å². The van der Waals surface area contributed by atoms with Crippen molar-refractivity contribution in [1.82, 2.24) is 10.6 Å². The SMILES string of the molecule is COc1ccc([C@@H](SCc2ccco2)C2C(=O)NC(=O)NC2=O)cc1. The number of urea groups is 1. The van der Waals surface area contributed by atoms with Gasteiger partial charge in [0.25, 0.3) is 0 Å². The van der Waals surface area contributed by atoms with Crippen LogP contribution >= 0.6 is 11.8 Å². The molecular formula is C17H16N2O5S. The molecule has 1 aromatic carbocycles. The van der Waals surface area contributed by atoms with Crippen molar-refractivity contribution in [2.24, 2.45) is 5.92 Å². The number of amides is 4. The summed E-state index contributed by atoms with van der Waals surface area (Å²) in [5.74, 6) is -0.356. The number of carbonyl (C=O) groups excluding carboxylic acids is 3. The minimum Gasteiger partial charge on any atom is -0.497 e. The van der Waals surface area contributed by atoms with Gasteiger partial charge in [0.15, 0.2) is 0 Å². The van der Waals surface area contributed by atoms with Crippen molar-refractivity contribution < 1.29 is 23.5 Å². The second kappa shape index (κ2) is 7.43. The van der Waals surface area contributed by atoms with Crippen LogP contribution in [0.1, 0.15) is 16.6 Å². The van der Waals surface area contributed by atoms with E-state index in [0.29, 0.717) is 11.5 Å². The van der Waals surface area contributed by atoms with E-state index in [4.69, 9.17) is 9.15 Å². The molecule has 1 atom stereocenters. The number of rotatable bonds is 6. The molecule has 8 heteroatoms. The number of thioether (sulfide) groups is 1. The Balaban J connectivity index is 1.88. The fourth-order valence-electron chi connectivity index (χ4n) is 2.55. The number of hydrogen-bond donors (Lipinski definition) is 2. The quantitative estimate of drug-likeness (QED) is 0.767. The zero-order valence-corrected chi connectivity index (χ0v) is 14.2. The normalized spacial score (nSPS) is 16.3. The van der Waals surface area contributed by atoms with Gasteiger partial charge in [-0.05, 0) is 29.8 Å². The first-order chi connectivity index (χ1) is 12.1. The van der Waals surface area contributed by atoms with Crippen LogP contribution in [-0.4, -0.2) is 25.0 Å². The maximum Gasteiger partial charge on any atom is 0.328 e. The highest BCUT2D eigenvalue weighted by atomic mass is 32.2. The number of methoxy groups -OCH3 is 1.